The smallest absolute Gasteiger partial charge is 0.255 e. The molecule has 1 fully saturated rings. The molecule has 1 saturated carbocycles. The standard InChI is InChI=1S/C29H32FN3O4/c1-36-26-14-9-21(17-27(26)37-2)29(35)33(25-12-10-23(31)11-13-25)18-19-5-3-8-24(15-19)32-28(34)20-6-4-7-22(30)16-20/h3-9,14-17,23,25H,10-13,18,31H2,1-2H3,(H,32,34). The van der Waals surface area contributed by atoms with Crippen molar-refractivity contribution in [3.63, 3.8) is 0 Å². The highest BCUT2D eigenvalue weighted by molar-refractivity contribution is 6.04. The molecule has 0 aromatic heterocycles. The van der Waals surface area contributed by atoms with Gasteiger partial charge in [0.1, 0.15) is 5.82 Å². The van der Waals surface area contributed by atoms with E-state index in [1.807, 2.05) is 23.1 Å². The molecule has 3 aromatic rings. The fourth-order valence-corrected chi connectivity index (χ4v) is 4.69. The van der Waals surface area contributed by atoms with E-state index in [2.05, 4.69) is 5.32 Å². The number of nitrogens with one attached hydrogen (secondary N) is 1. The third kappa shape index (κ3) is 6.46. The van der Waals surface area contributed by atoms with Crippen molar-refractivity contribution in [2.75, 3.05) is 19.5 Å². The zero-order valence-corrected chi connectivity index (χ0v) is 21.1. The Labute approximate surface area is 216 Å². The Morgan fingerprint density at radius 3 is 2.35 bits per heavy atom. The van der Waals surface area contributed by atoms with E-state index in [1.54, 1.807) is 37.4 Å². The molecule has 194 valence electrons. The summed E-state index contributed by atoms with van der Waals surface area (Å²) in [5.74, 6) is 0.0433. The van der Waals surface area contributed by atoms with Crippen molar-refractivity contribution in [2.24, 2.45) is 5.73 Å². The van der Waals surface area contributed by atoms with Crippen molar-refractivity contribution in [3.05, 3.63) is 89.2 Å². The Hall–Kier alpha value is -3.91. The molecule has 0 saturated heterocycles. The van der Waals surface area contributed by atoms with Gasteiger partial charge >= 0.3 is 0 Å². The van der Waals surface area contributed by atoms with Crippen molar-refractivity contribution in [1.82, 2.24) is 4.90 Å². The minimum absolute atomic E-state index is 0.0333. The van der Waals surface area contributed by atoms with Crippen LogP contribution in [0.4, 0.5) is 10.1 Å². The number of carbonyl (C=O) groups excluding carboxylic acids is 2. The Morgan fingerprint density at radius 1 is 0.919 bits per heavy atom. The number of nitrogens with two attached hydrogens (primary N) is 1. The van der Waals surface area contributed by atoms with Crippen LogP contribution in [0.3, 0.4) is 0 Å². The van der Waals surface area contributed by atoms with E-state index in [0.29, 0.717) is 29.3 Å². The molecule has 37 heavy (non-hydrogen) atoms. The average molecular weight is 506 g/mol. The lowest BCUT2D eigenvalue weighted by molar-refractivity contribution is 0.0606. The van der Waals surface area contributed by atoms with E-state index in [0.717, 1.165) is 31.2 Å². The molecule has 2 amide bonds. The highest BCUT2D eigenvalue weighted by atomic mass is 19.1. The molecule has 0 radical (unpaired) electrons. The van der Waals surface area contributed by atoms with Gasteiger partial charge in [0, 0.05) is 35.4 Å². The third-order valence-electron chi connectivity index (χ3n) is 6.70. The number of halogens is 1. The highest BCUT2D eigenvalue weighted by Gasteiger charge is 2.29. The Kier molecular flexibility index (Phi) is 8.40. The number of amides is 2. The number of hydrogen-bond donors (Lipinski definition) is 2. The maximum Gasteiger partial charge on any atom is 0.255 e. The van der Waals surface area contributed by atoms with E-state index in [9.17, 15) is 14.0 Å². The summed E-state index contributed by atoms with van der Waals surface area (Å²) in [6.07, 6.45) is 3.33. The van der Waals surface area contributed by atoms with Crippen LogP contribution in [0.2, 0.25) is 0 Å². The highest BCUT2D eigenvalue weighted by Crippen LogP contribution is 2.31. The zero-order valence-electron chi connectivity index (χ0n) is 21.1. The molecule has 0 spiro atoms. The lowest BCUT2D eigenvalue weighted by Crippen LogP contribution is -2.43. The van der Waals surface area contributed by atoms with Crippen molar-refractivity contribution >= 4 is 17.5 Å². The molecule has 7 nitrogen and oxygen atoms in total. The first-order chi connectivity index (χ1) is 17.9. The van der Waals surface area contributed by atoms with Gasteiger partial charge in [-0.25, -0.2) is 4.39 Å². The van der Waals surface area contributed by atoms with Crippen LogP contribution in [-0.4, -0.2) is 43.0 Å². The van der Waals surface area contributed by atoms with Crippen LogP contribution in [0.5, 0.6) is 11.5 Å². The monoisotopic (exact) mass is 505 g/mol. The summed E-state index contributed by atoms with van der Waals surface area (Å²) in [4.78, 5) is 28.3. The average Bonchev–Trinajstić information content (AvgIpc) is 2.91. The first kappa shape index (κ1) is 26.2. The number of methoxy groups -OCH3 is 2. The van der Waals surface area contributed by atoms with Crippen molar-refractivity contribution in [1.29, 1.82) is 0 Å². The van der Waals surface area contributed by atoms with Gasteiger partial charge in [0.2, 0.25) is 0 Å². The Morgan fingerprint density at radius 2 is 1.65 bits per heavy atom. The summed E-state index contributed by atoms with van der Waals surface area (Å²) < 4.78 is 24.3. The first-order valence-electron chi connectivity index (χ1n) is 12.3. The predicted molar refractivity (Wildman–Crippen MR) is 140 cm³/mol. The summed E-state index contributed by atoms with van der Waals surface area (Å²) in [7, 11) is 3.09. The Balaban J connectivity index is 1.57. The summed E-state index contributed by atoms with van der Waals surface area (Å²) in [6, 6.07) is 18.2. The maximum atomic E-state index is 13.8. The fraction of sp³-hybridized carbons (Fsp3) is 0.310. The fourth-order valence-electron chi connectivity index (χ4n) is 4.69. The van der Waals surface area contributed by atoms with Crippen LogP contribution in [0.1, 0.15) is 52.0 Å². The predicted octanol–water partition coefficient (Wildman–Crippen LogP) is 5.01. The van der Waals surface area contributed by atoms with Gasteiger partial charge in [-0.15, -0.1) is 0 Å². The minimum Gasteiger partial charge on any atom is -0.493 e. The second kappa shape index (κ2) is 11.9. The van der Waals surface area contributed by atoms with E-state index < -0.39 is 11.7 Å². The summed E-state index contributed by atoms with van der Waals surface area (Å²) in [6.45, 7) is 0.358. The zero-order chi connectivity index (χ0) is 26.4. The molecular weight excluding hydrogens is 473 g/mol. The molecule has 0 bridgehead atoms. The Bertz CT molecular complexity index is 1260. The minimum atomic E-state index is -0.474. The van der Waals surface area contributed by atoms with Gasteiger partial charge in [0.15, 0.2) is 11.5 Å². The van der Waals surface area contributed by atoms with Gasteiger partial charge in [-0.05, 0) is 79.8 Å². The molecule has 8 heteroatoms. The van der Waals surface area contributed by atoms with E-state index in [-0.39, 0.29) is 23.6 Å². The summed E-state index contributed by atoms with van der Waals surface area (Å²) >= 11 is 0. The molecule has 3 N–H and O–H groups in total. The molecule has 1 aliphatic rings. The van der Waals surface area contributed by atoms with Gasteiger partial charge < -0.3 is 25.4 Å². The van der Waals surface area contributed by atoms with Crippen LogP contribution in [0.15, 0.2) is 66.7 Å². The number of nitrogens with zero attached hydrogens (tertiary/aromatic N) is 1. The molecule has 3 aromatic carbocycles. The maximum absolute atomic E-state index is 13.8. The first-order valence-corrected chi connectivity index (χ1v) is 12.3. The van der Waals surface area contributed by atoms with E-state index in [4.69, 9.17) is 15.2 Å². The van der Waals surface area contributed by atoms with Crippen LogP contribution >= 0.6 is 0 Å². The number of hydrogen-bond acceptors (Lipinski definition) is 5. The summed E-state index contributed by atoms with van der Waals surface area (Å²) in [5.41, 5.74) is 8.29. The number of rotatable bonds is 8. The quantitative estimate of drug-likeness (QED) is 0.449. The molecule has 1 aliphatic carbocycles. The molecule has 0 heterocycles. The number of ether oxygens (including phenoxy) is 2. The van der Waals surface area contributed by atoms with Crippen LogP contribution in [0.25, 0.3) is 0 Å². The molecular formula is C29H32FN3O4. The second-order valence-corrected chi connectivity index (χ2v) is 9.24. The largest absolute Gasteiger partial charge is 0.493 e. The van der Waals surface area contributed by atoms with Crippen molar-refractivity contribution in [2.45, 2.75) is 44.3 Å². The molecule has 0 unspecified atom stereocenters. The molecule has 0 aliphatic heterocycles. The van der Waals surface area contributed by atoms with Gasteiger partial charge in [-0.2, -0.15) is 0 Å². The van der Waals surface area contributed by atoms with Gasteiger partial charge in [0.05, 0.1) is 14.2 Å². The topological polar surface area (TPSA) is 93.9 Å². The number of benzene rings is 3. The molecule has 4 rings (SSSR count). The van der Waals surface area contributed by atoms with Crippen LogP contribution < -0.4 is 20.5 Å². The lowest BCUT2D eigenvalue weighted by atomic mass is 9.90. The van der Waals surface area contributed by atoms with Gasteiger partial charge in [-0.1, -0.05) is 18.2 Å². The van der Waals surface area contributed by atoms with Crippen LogP contribution in [0, 0.1) is 5.82 Å². The summed E-state index contributed by atoms with van der Waals surface area (Å²) in [5, 5.41) is 2.82. The SMILES string of the molecule is COc1ccc(C(=O)N(Cc2cccc(NC(=O)c3cccc(F)c3)c2)C2CCC(N)CC2)cc1OC. The number of anilines is 1. The normalized spacial score (nSPS) is 17.1. The van der Waals surface area contributed by atoms with Crippen molar-refractivity contribution < 1.29 is 23.5 Å². The van der Waals surface area contributed by atoms with Crippen LogP contribution in [-0.2, 0) is 6.54 Å². The molecule has 0 atom stereocenters. The van der Waals surface area contributed by atoms with Gasteiger partial charge in [0.25, 0.3) is 11.8 Å². The van der Waals surface area contributed by atoms with E-state index >= 15 is 0 Å². The lowest BCUT2D eigenvalue weighted by Gasteiger charge is -2.36. The van der Waals surface area contributed by atoms with Gasteiger partial charge in [-0.3, -0.25) is 9.59 Å². The third-order valence-corrected chi connectivity index (χ3v) is 6.70. The van der Waals surface area contributed by atoms with E-state index in [1.165, 1.54) is 25.3 Å². The number of carbonyl (C=O) groups is 2. The van der Waals surface area contributed by atoms with Crippen molar-refractivity contribution in [3.8, 4) is 11.5 Å². The second-order valence-electron chi connectivity index (χ2n) is 9.24.